The van der Waals surface area contributed by atoms with Crippen molar-refractivity contribution >= 4 is 11.9 Å². The highest BCUT2D eigenvalue weighted by Crippen LogP contribution is 2.34. The molecule has 1 saturated heterocycles. The molecule has 106 valence electrons. The molecule has 0 saturated carbocycles. The van der Waals surface area contributed by atoms with Gasteiger partial charge in [-0.1, -0.05) is 39.8 Å². The minimum Gasteiger partial charge on any atom is -0.441 e. The third-order valence-corrected chi connectivity index (χ3v) is 3.62. The highest BCUT2D eigenvalue weighted by atomic mass is 16.5. The van der Waals surface area contributed by atoms with Crippen LogP contribution in [0.15, 0.2) is 24.9 Å². The van der Waals surface area contributed by atoms with E-state index in [1.54, 1.807) is 0 Å². The van der Waals surface area contributed by atoms with E-state index in [2.05, 4.69) is 27.0 Å². The second kappa shape index (κ2) is 7.12. The molecule has 0 aliphatic carbocycles. The SMILES string of the molecule is C=CC(=O)OCN1C(=C)CC(C(C)CCCC)C1=O. The summed E-state index contributed by atoms with van der Waals surface area (Å²) < 4.78 is 4.91. The van der Waals surface area contributed by atoms with Crippen molar-refractivity contribution in [2.24, 2.45) is 11.8 Å². The minimum absolute atomic E-state index is 0.0189. The number of rotatable bonds is 7. The summed E-state index contributed by atoms with van der Waals surface area (Å²) in [5.74, 6) is -0.195. The van der Waals surface area contributed by atoms with E-state index in [0.717, 1.165) is 31.0 Å². The van der Waals surface area contributed by atoms with Gasteiger partial charge in [0.15, 0.2) is 6.73 Å². The number of likely N-dealkylation sites (tertiary alicyclic amines) is 1. The van der Waals surface area contributed by atoms with Crippen molar-refractivity contribution in [1.29, 1.82) is 0 Å². The molecule has 1 fully saturated rings. The Kier molecular flexibility index (Phi) is 5.80. The zero-order valence-corrected chi connectivity index (χ0v) is 11.9. The van der Waals surface area contributed by atoms with Crippen molar-refractivity contribution in [2.75, 3.05) is 6.73 Å². The second-order valence-electron chi connectivity index (χ2n) is 5.06. The third kappa shape index (κ3) is 3.94. The van der Waals surface area contributed by atoms with Gasteiger partial charge in [0.1, 0.15) is 0 Å². The molecular weight excluding hydrogens is 242 g/mol. The van der Waals surface area contributed by atoms with Crippen LogP contribution in [-0.4, -0.2) is 23.5 Å². The molecule has 1 aliphatic heterocycles. The summed E-state index contributed by atoms with van der Waals surface area (Å²) in [6, 6.07) is 0. The number of carbonyl (C=O) groups excluding carboxylic acids is 2. The summed E-state index contributed by atoms with van der Waals surface area (Å²) in [4.78, 5) is 24.8. The van der Waals surface area contributed by atoms with E-state index >= 15 is 0 Å². The Morgan fingerprint density at radius 2 is 2.32 bits per heavy atom. The second-order valence-corrected chi connectivity index (χ2v) is 5.06. The van der Waals surface area contributed by atoms with E-state index in [0.29, 0.717) is 12.3 Å². The van der Waals surface area contributed by atoms with Crippen LogP contribution in [0.1, 0.15) is 39.5 Å². The van der Waals surface area contributed by atoms with Gasteiger partial charge >= 0.3 is 5.97 Å². The highest BCUT2D eigenvalue weighted by Gasteiger charge is 2.37. The van der Waals surface area contributed by atoms with Crippen LogP contribution in [0.2, 0.25) is 0 Å². The van der Waals surface area contributed by atoms with Gasteiger partial charge in [-0.15, -0.1) is 0 Å². The van der Waals surface area contributed by atoms with Gasteiger partial charge in [-0.3, -0.25) is 9.69 Å². The molecule has 0 N–H and O–H groups in total. The van der Waals surface area contributed by atoms with Crippen LogP contribution in [0.25, 0.3) is 0 Å². The molecular formula is C15H23NO3. The first-order chi connectivity index (χ1) is 9.01. The Morgan fingerprint density at radius 1 is 1.63 bits per heavy atom. The lowest BCUT2D eigenvalue weighted by molar-refractivity contribution is -0.146. The van der Waals surface area contributed by atoms with Crippen molar-refractivity contribution in [3.05, 3.63) is 24.9 Å². The number of hydrogen-bond donors (Lipinski definition) is 0. The first kappa shape index (κ1) is 15.5. The maximum absolute atomic E-state index is 12.3. The van der Waals surface area contributed by atoms with E-state index in [-0.39, 0.29) is 18.6 Å². The number of hydrogen-bond acceptors (Lipinski definition) is 3. The fraction of sp³-hybridized carbons (Fsp3) is 0.600. The van der Waals surface area contributed by atoms with Gasteiger partial charge < -0.3 is 4.74 Å². The lowest BCUT2D eigenvalue weighted by atomic mass is 9.88. The van der Waals surface area contributed by atoms with Crippen molar-refractivity contribution in [3.8, 4) is 0 Å². The van der Waals surface area contributed by atoms with Crippen LogP contribution in [0.4, 0.5) is 0 Å². The molecule has 19 heavy (non-hydrogen) atoms. The Bertz CT molecular complexity index is 376. The molecule has 0 aromatic carbocycles. The lowest BCUT2D eigenvalue weighted by Crippen LogP contribution is -2.31. The Hall–Kier alpha value is -1.58. The van der Waals surface area contributed by atoms with Crippen LogP contribution >= 0.6 is 0 Å². The van der Waals surface area contributed by atoms with Crippen LogP contribution in [0.5, 0.6) is 0 Å². The molecule has 0 radical (unpaired) electrons. The average molecular weight is 265 g/mol. The van der Waals surface area contributed by atoms with Crippen molar-refractivity contribution in [3.63, 3.8) is 0 Å². The van der Waals surface area contributed by atoms with Gasteiger partial charge in [0.05, 0.1) is 0 Å². The predicted molar refractivity (Wildman–Crippen MR) is 73.9 cm³/mol. The summed E-state index contributed by atoms with van der Waals surface area (Å²) in [6.45, 7) is 11.4. The number of allylic oxidation sites excluding steroid dienone is 1. The maximum Gasteiger partial charge on any atom is 0.331 e. The van der Waals surface area contributed by atoms with Crippen LogP contribution in [0, 0.1) is 11.8 Å². The van der Waals surface area contributed by atoms with Gasteiger partial charge in [0.25, 0.3) is 0 Å². The van der Waals surface area contributed by atoms with Gasteiger partial charge in [-0.25, -0.2) is 4.79 Å². The molecule has 1 amide bonds. The normalized spacial score (nSPS) is 20.5. The van der Waals surface area contributed by atoms with Gasteiger partial charge in [-0.05, 0) is 18.8 Å². The Labute approximate surface area is 115 Å². The van der Waals surface area contributed by atoms with E-state index in [1.165, 1.54) is 4.90 Å². The molecule has 1 heterocycles. The van der Waals surface area contributed by atoms with E-state index in [1.807, 2.05) is 0 Å². The molecule has 0 aromatic rings. The van der Waals surface area contributed by atoms with Crippen LogP contribution in [0.3, 0.4) is 0 Å². The number of amides is 1. The van der Waals surface area contributed by atoms with E-state index in [9.17, 15) is 9.59 Å². The first-order valence-electron chi connectivity index (χ1n) is 6.79. The summed E-state index contributed by atoms with van der Waals surface area (Å²) >= 11 is 0. The molecule has 4 nitrogen and oxygen atoms in total. The van der Waals surface area contributed by atoms with E-state index < -0.39 is 5.97 Å². The highest BCUT2D eigenvalue weighted by molar-refractivity contribution is 5.85. The number of nitrogens with zero attached hydrogens (tertiary/aromatic N) is 1. The van der Waals surface area contributed by atoms with E-state index in [4.69, 9.17) is 4.74 Å². The topological polar surface area (TPSA) is 46.6 Å². The van der Waals surface area contributed by atoms with Crippen molar-refractivity contribution in [1.82, 2.24) is 4.90 Å². The summed E-state index contributed by atoms with van der Waals surface area (Å²) in [7, 11) is 0. The molecule has 1 rings (SSSR count). The first-order valence-corrected chi connectivity index (χ1v) is 6.79. The van der Waals surface area contributed by atoms with Crippen LogP contribution in [-0.2, 0) is 14.3 Å². The van der Waals surface area contributed by atoms with Crippen LogP contribution < -0.4 is 0 Å². The number of esters is 1. The van der Waals surface area contributed by atoms with Gasteiger partial charge in [0, 0.05) is 17.7 Å². The number of unbranched alkanes of at least 4 members (excludes halogenated alkanes) is 1. The van der Waals surface area contributed by atoms with Crippen molar-refractivity contribution < 1.29 is 14.3 Å². The quantitative estimate of drug-likeness (QED) is 0.525. The Balaban J connectivity index is 2.57. The monoisotopic (exact) mass is 265 g/mol. The summed E-state index contributed by atoms with van der Waals surface area (Å²) in [6.07, 6.45) is 5.05. The zero-order valence-electron chi connectivity index (χ0n) is 11.9. The smallest absolute Gasteiger partial charge is 0.331 e. The minimum atomic E-state index is -0.525. The molecule has 4 heteroatoms. The number of ether oxygens (including phenoxy) is 1. The fourth-order valence-corrected chi connectivity index (χ4v) is 2.32. The summed E-state index contributed by atoms with van der Waals surface area (Å²) in [5, 5.41) is 0. The fourth-order valence-electron chi connectivity index (χ4n) is 2.32. The average Bonchev–Trinajstić information content (AvgIpc) is 2.68. The number of carbonyl (C=O) groups is 2. The Morgan fingerprint density at radius 3 is 2.89 bits per heavy atom. The largest absolute Gasteiger partial charge is 0.441 e. The standard InChI is InChI=1S/C15H23NO3/c1-5-7-8-11(3)13-9-12(4)16(15(13)18)10-19-14(17)6-2/h6,11,13H,2,4-5,7-10H2,1,3H3. The molecule has 0 bridgehead atoms. The molecule has 2 unspecified atom stereocenters. The molecule has 2 atom stereocenters. The van der Waals surface area contributed by atoms with Gasteiger partial charge in [0.2, 0.25) is 5.91 Å². The van der Waals surface area contributed by atoms with Crippen molar-refractivity contribution in [2.45, 2.75) is 39.5 Å². The summed E-state index contributed by atoms with van der Waals surface area (Å²) in [5.41, 5.74) is 0.732. The maximum atomic E-state index is 12.3. The lowest BCUT2D eigenvalue weighted by Gasteiger charge is -2.19. The molecule has 0 spiro atoms. The molecule has 1 aliphatic rings. The third-order valence-electron chi connectivity index (χ3n) is 3.62. The predicted octanol–water partition coefficient (Wildman–Crippen LogP) is 2.86. The van der Waals surface area contributed by atoms with Gasteiger partial charge in [-0.2, -0.15) is 0 Å². The molecule has 0 aromatic heterocycles. The zero-order chi connectivity index (χ0) is 14.4.